The Kier molecular flexibility index (Phi) is 5.27. The minimum absolute atomic E-state index is 0.140. The third-order valence-electron chi connectivity index (χ3n) is 5.37. The highest BCUT2D eigenvalue weighted by molar-refractivity contribution is 8.00. The minimum atomic E-state index is 0.140. The van der Waals surface area contributed by atoms with E-state index < -0.39 is 0 Å². The molecule has 4 rings (SSSR count). The lowest BCUT2D eigenvalue weighted by molar-refractivity contribution is -0.119. The van der Waals surface area contributed by atoms with Crippen LogP contribution in [0, 0.1) is 5.92 Å². The molecule has 1 unspecified atom stereocenters. The normalized spacial score (nSPS) is 21.2. The average molecular weight is 376 g/mol. The molecule has 1 N–H and O–H groups in total. The van der Waals surface area contributed by atoms with Crippen molar-refractivity contribution >= 4 is 39.2 Å². The molecule has 4 nitrogen and oxygen atoms in total. The van der Waals surface area contributed by atoms with Crippen LogP contribution in [0.15, 0.2) is 11.4 Å². The van der Waals surface area contributed by atoms with Crippen LogP contribution in [0.4, 0.5) is 0 Å². The van der Waals surface area contributed by atoms with Crippen LogP contribution in [0.2, 0.25) is 0 Å². The Hall–Kier alpha value is -1.14. The number of fused-ring (bicyclic) bond motifs is 3. The van der Waals surface area contributed by atoms with Crippen molar-refractivity contribution in [1.82, 2.24) is 15.3 Å². The van der Waals surface area contributed by atoms with Crippen molar-refractivity contribution in [1.29, 1.82) is 0 Å². The van der Waals surface area contributed by atoms with Crippen LogP contribution < -0.4 is 5.32 Å². The predicted molar refractivity (Wildman–Crippen MR) is 104 cm³/mol. The Morgan fingerprint density at radius 1 is 1.28 bits per heavy atom. The Morgan fingerprint density at radius 2 is 2.12 bits per heavy atom. The molecule has 1 saturated carbocycles. The zero-order chi connectivity index (χ0) is 17.2. The van der Waals surface area contributed by atoms with Gasteiger partial charge in [-0.3, -0.25) is 4.79 Å². The molecule has 1 fully saturated rings. The second kappa shape index (κ2) is 7.62. The van der Waals surface area contributed by atoms with Gasteiger partial charge >= 0.3 is 0 Å². The lowest BCUT2D eigenvalue weighted by Crippen LogP contribution is -2.37. The lowest BCUT2D eigenvalue weighted by Gasteiger charge is -2.22. The number of nitrogens with zero attached hydrogens (tertiary/aromatic N) is 2. The molecular formula is C19H25N3OS2. The van der Waals surface area contributed by atoms with Gasteiger partial charge in [0.05, 0.1) is 5.75 Å². The van der Waals surface area contributed by atoms with Gasteiger partial charge in [0.15, 0.2) is 0 Å². The Labute approximate surface area is 157 Å². The summed E-state index contributed by atoms with van der Waals surface area (Å²) in [5, 5.41) is 5.39. The van der Waals surface area contributed by atoms with E-state index in [0.29, 0.717) is 11.8 Å². The molecule has 2 heterocycles. The fraction of sp³-hybridized carbons (Fsp3) is 0.632. The van der Waals surface area contributed by atoms with Gasteiger partial charge in [-0.25, -0.2) is 9.97 Å². The monoisotopic (exact) mass is 375 g/mol. The van der Waals surface area contributed by atoms with Crippen molar-refractivity contribution in [3.63, 3.8) is 0 Å². The van der Waals surface area contributed by atoms with Gasteiger partial charge in [-0.2, -0.15) is 0 Å². The van der Waals surface area contributed by atoms with E-state index in [1.165, 1.54) is 41.5 Å². The summed E-state index contributed by atoms with van der Waals surface area (Å²) in [6.45, 7) is 2.32. The molecule has 2 aromatic rings. The SMILES string of the molecule is CC1CCc2c(sc3ncnc(SCC(=O)NC4CCCCC4)c23)C1. The summed E-state index contributed by atoms with van der Waals surface area (Å²) in [4.78, 5) is 23.9. The molecule has 2 aromatic heterocycles. The summed E-state index contributed by atoms with van der Waals surface area (Å²) in [5.74, 6) is 1.34. The van der Waals surface area contributed by atoms with Gasteiger partial charge in [0.25, 0.3) is 0 Å². The Balaban J connectivity index is 1.47. The zero-order valence-electron chi connectivity index (χ0n) is 14.7. The highest BCUT2D eigenvalue weighted by Gasteiger charge is 2.23. The smallest absolute Gasteiger partial charge is 0.230 e. The Bertz CT molecular complexity index is 767. The number of thiophene rings is 1. The fourth-order valence-corrected chi connectivity index (χ4v) is 6.26. The summed E-state index contributed by atoms with van der Waals surface area (Å²) in [7, 11) is 0. The van der Waals surface area contributed by atoms with Gasteiger partial charge < -0.3 is 5.32 Å². The zero-order valence-corrected chi connectivity index (χ0v) is 16.3. The van der Waals surface area contributed by atoms with Gasteiger partial charge in [-0.15, -0.1) is 11.3 Å². The van der Waals surface area contributed by atoms with E-state index in [-0.39, 0.29) is 5.91 Å². The number of amides is 1. The molecule has 6 heteroatoms. The summed E-state index contributed by atoms with van der Waals surface area (Å²) in [6, 6.07) is 0.377. The van der Waals surface area contributed by atoms with E-state index in [4.69, 9.17) is 0 Å². The van der Waals surface area contributed by atoms with Crippen molar-refractivity contribution in [2.24, 2.45) is 5.92 Å². The van der Waals surface area contributed by atoms with Crippen LogP contribution in [0.5, 0.6) is 0 Å². The molecule has 0 saturated heterocycles. The van der Waals surface area contributed by atoms with E-state index in [1.54, 1.807) is 18.1 Å². The number of carbonyl (C=O) groups excluding carboxylic acids is 1. The first kappa shape index (κ1) is 17.3. The molecule has 1 atom stereocenters. The molecule has 2 aliphatic carbocycles. The molecule has 2 aliphatic rings. The largest absolute Gasteiger partial charge is 0.353 e. The van der Waals surface area contributed by atoms with E-state index in [9.17, 15) is 4.79 Å². The van der Waals surface area contributed by atoms with E-state index in [2.05, 4.69) is 22.2 Å². The van der Waals surface area contributed by atoms with Crippen LogP contribution in [0.25, 0.3) is 10.2 Å². The molecule has 0 aromatic carbocycles. The maximum Gasteiger partial charge on any atom is 0.230 e. The molecule has 0 radical (unpaired) electrons. The number of nitrogens with one attached hydrogen (secondary N) is 1. The summed E-state index contributed by atoms with van der Waals surface area (Å²) in [6.07, 6.45) is 11.2. The molecule has 1 amide bonds. The van der Waals surface area contributed by atoms with Gasteiger partial charge in [-0.1, -0.05) is 37.9 Å². The maximum atomic E-state index is 12.3. The summed E-state index contributed by atoms with van der Waals surface area (Å²) >= 11 is 3.38. The maximum absolute atomic E-state index is 12.3. The van der Waals surface area contributed by atoms with E-state index in [1.807, 2.05) is 11.3 Å². The number of hydrogen-bond acceptors (Lipinski definition) is 5. The summed E-state index contributed by atoms with van der Waals surface area (Å²) < 4.78 is 0. The number of hydrogen-bond donors (Lipinski definition) is 1. The summed E-state index contributed by atoms with van der Waals surface area (Å²) in [5.41, 5.74) is 1.44. The van der Waals surface area contributed by atoms with Crippen LogP contribution in [0.1, 0.15) is 55.9 Å². The van der Waals surface area contributed by atoms with Crippen molar-refractivity contribution in [2.45, 2.75) is 69.4 Å². The number of aryl methyl sites for hydroxylation is 1. The topological polar surface area (TPSA) is 54.9 Å². The van der Waals surface area contributed by atoms with Crippen LogP contribution in [0.3, 0.4) is 0 Å². The molecule has 0 aliphatic heterocycles. The van der Waals surface area contributed by atoms with Crippen LogP contribution in [-0.2, 0) is 17.6 Å². The molecular weight excluding hydrogens is 350 g/mol. The first-order valence-electron chi connectivity index (χ1n) is 9.38. The van der Waals surface area contributed by atoms with Crippen LogP contribution in [-0.4, -0.2) is 27.7 Å². The molecule has 25 heavy (non-hydrogen) atoms. The van der Waals surface area contributed by atoms with Gasteiger partial charge in [0, 0.05) is 16.3 Å². The standard InChI is InChI=1S/C19H25N3OS2/c1-12-7-8-14-15(9-12)25-19-17(14)18(20-11-21-19)24-10-16(23)22-13-5-3-2-4-6-13/h11-13H,2-10H2,1H3,(H,22,23). The average Bonchev–Trinajstić information content (AvgIpc) is 2.98. The van der Waals surface area contributed by atoms with Crippen molar-refractivity contribution in [3.05, 3.63) is 16.8 Å². The number of rotatable bonds is 4. The third-order valence-corrected chi connectivity index (χ3v) is 7.52. The van der Waals surface area contributed by atoms with Crippen molar-refractivity contribution in [3.8, 4) is 0 Å². The predicted octanol–water partition coefficient (Wildman–Crippen LogP) is 4.36. The third kappa shape index (κ3) is 3.85. The first-order chi connectivity index (χ1) is 12.2. The second-order valence-electron chi connectivity index (χ2n) is 7.40. The minimum Gasteiger partial charge on any atom is -0.353 e. The lowest BCUT2D eigenvalue weighted by atomic mass is 9.89. The Morgan fingerprint density at radius 3 is 2.96 bits per heavy atom. The van der Waals surface area contributed by atoms with Crippen molar-refractivity contribution < 1.29 is 4.79 Å². The van der Waals surface area contributed by atoms with Crippen LogP contribution >= 0.6 is 23.1 Å². The number of aromatic nitrogens is 2. The molecule has 0 bridgehead atoms. The van der Waals surface area contributed by atoms with Gasteiger partial charge in [-0.05, 0) is 43.6 Å². The van der Waals surface area contributed by atoms with Gasteiger partial charge in [0.1, 0.15) is 16.2 Å². The highest BCUT2D eigenvalue weighted by Crippen LogP contribution is 2.40. The molecule has 134 valence electrons. The van der Waals surface area contributed by atoms with Crippen molar-refractivity contribution in [2.75, 3.05) is 5.75 Å². The van der Waals surface area contributed by atoms with E-state index in [0.717, 1.165) is 41.5 Å². The van der Waals surface area contributed by atoms with Gasteiger partial charge in [0.2, 0.25) is 5.91 Å². The first-order valence-corrected chi connectivity index (χ1v) is 11.2. The molecule has 0 spiro atoms. The highest BCUT2D eigenvalue weighted by atomic mass is 32.2. The second-order valence-corrected chi connectivity index (χ2v) is 9.45. The quantitative estimate of drug-likeness (QED) is 0.637. The fourth-order valence-electron chi connectivity index (χ4n) is 4.01. The number of thioether (sulfide) groups is 1. The number of carbonyl (C=O) groups is 1. The van der Waals surface area contributed by atoms with E-state index >= 15 is 0 Å².